The maximum atomic E-state index is 11.7. The number of nitrogens with one attached hydrogen (secondary N) is 1. The highest BCUT2D eigenvalue weighted by molar-refractivity contribution is 7.05. The van der Waals surface area contributed by atoms with Crippen molar-refractivity contribution in [1.29, 1.82) is 0 Å². The van der Waals surface area contributed by atoms with Crippen LogP contribution in [-0.4, -0.2) is 32.6 Å². The van der Waals surface area contributed by atoms with E-state index in [9.17, 15) is 9.59 Å². The van der Waals surface area contributed by atoms with E-state index in [1.54, 1.807) is 20.8 Å². The van der Waals surface area contributed by atoms with E-state index in [2.05, 4.69) is 14.9 Å². The summed E-state index contributed by atoms with van der Waals surface area (Å²) in [5.74, 6) is -1.73. The predicted octanol–water partition coefficient (Wildman–Crippen LogP) is 0.686. The molecule has 0 aliphatic carbocycles. The van der Waals surface area contributed by atoms with Gasteiger partial charge in [0.1, 0.15) is 6.04 Å². The SMILES string of the molecule is Cc1snnc1C(=O)NC(C(=O)O)C(C)C. The van der Waals surface area contributed by atoms with Crippen molar-refractivity contribution in [3.63, 3.8) is 0 Å². The van der Waals surface area contributed by atoms with Gasteiger partial charge in [-0.15, -0.1) is 5.10 Å². The summed E-state index contributed by atoms with van der Waals surface area (Å²) in [6, 6.07) is -0.909. The first-order valence-electron chi connectivity index (χ1n) is 4.76. The fourth-order valence-corrected chi connectivity index (χ4v) is 1.63. The number of rotatable bonds is 4. The monoisotopic (exact) mass is 243 g/mol. The van der Waals surface area contributed by atoms with Crippen molar-refractivity contribution >= 4 is 23.4 Å². The summed E-state index contributed by atoms with van der Waals surface area (Å²) >= 11 is 1.11. The third kappa shape index (κ3) is 2.75. The Morgan fingerprint density at radius 3 is 2.44 bits per heavy atom. The van der Waals surface area contributed by atoms with Gasteiger partial charge in [0, 0.05) is 0 Å². The standard InChI is InChI=1S/C9H13N3O3S/c1-4(2)6(9(14)15)10-8(13)7-5(3)16-12-11-7/h4,6H,1-3H3,(H,10,13)(H,14,15). The fraction of sp³-hybridized carbons (Fsp3) is 0.556. The number of hydrogen-bond acceptors (Lipinski definition) is 5. The number of carboxylic acids is 1. The Balaban J connectivity index is 2.77. The molecular weight excluding hydrogens is 230 g/mol. The molecule has 1 heterocycles. The van der Waals surface area contributed by atoms with Gasteiger partial charge in [-0.3, -0.25) is 4.79 Å². The molecule has 1 amide bonds. The summed E-state index contributed by atoms with van der Waals surface area (Å²) in [6.45, 7) is 5.17. The van der Waals surface area contributed by atoms with Crippen LogP contribution >= 0.6 is 11.5 Å². The molecule has 1 unspecified atom stereocenters. The second kappa shape index (κ2) is 5.02. The average molecular weight is 243 g/mol. The molecule has 0 aromatic carbocycles. The molecular formula is C9H13N3O3S. The Kier molecular flexibility index (Phi) is 3.94. The van der Waals surface area contributed by atoms with Gasteiger partial charge in [0.25, 0.3) is 5.91 Å². The van der Waals surface area contributed by atoms with Crippen molar-refractivity contribution in [1.82, 2.24) is 14.9 Å². The highest BCUT2D eigenvalue weighted by atomic mass is 32.1. The minimum Gasteiger partial charge on any atom is -0.480 e. The van der Waals surface area contributed by atoms with Crippen LogP contribution in [0.3, 0.4) is 0 Å². The lowest BCUT2D eigenvalue weighted by Crippen LogP contribution is -2.44. The third-order valence-electron chi connectivity index (χ3n) is 2.09. The van der Waals surface area contributed by atoms with E-state index >= 15 is 0 Å². The lowest BCUT2D eigenvalue weighted by molar-refractivity contribution is -0.140. The van der Waals surface area contributed by atoms with Gasteiger partial charge in [0.2, 0.25) is 0 Å². The summed E-state index contributed by atoms with van der Waals surface area (Å²) in [6.07, 6.45) is 0. The third-order valence-corrected chi connectivity index (χ3v) is 2.72. The maximum absolute atomic E-state index is 11.7. The van der Waals surface area contributed by atoms with Gasteiger partial charge in [0.05, 0.1) is 4.88 Å². The van der Waals surface area contributed by atoms with Gasteiger partial charge in [-0.25, -0.2) is 4.79 Å². The maximum Gasteiger partial charge on any atom is 0.326 e. The Morgan fingerprint density at radius 1 is 1.44 bits per heavy atom. The van der Waals surface area contributed by atoms with Crippen LogP contribution < -0.4 is 5.32 Å². The minimum atomic E-state index is -1.05. The van der Waals surface area contributed by atoms with Crippen LogP contribution in [0, 0.1) is 12.8 Å². The van der Waals surface area contributed by atoms with Crippen LogP contribution in [0.5, 0.6) is 0 Å². The van der Waals surface area contributed by atoms with Crippen LogP contribution in [0.2, 0.25) is 0 Å². The highest BCUT2D eigenvalue weighted by Gasteiger charge is 2.25. The number of carbonyl (C=O) groups excluding carboxylic acids is 1. The van der Waals surface area contributed by atoms with E-state index in [0.29, 0.717) is 4.88 Å². The van der Waals surface area contributed by atoms with Crippen molar-refractivity contribution in [3.05, 3.63) is 10.6 Å². The Labute approximate surface area is 96.8 Å². The second-order valence-electron chi connectivity index (χ2n) is 3.71. The summed E-state index contributed by atoms with van der Waals surface area (Å²) < 4.78 is 3.62. The normalized spacial score (nSPS) is 12.5. The largest absolute Gasteiger partial charge is 0.480 e. The summed E-state index contributed by atoms with van der Waals surface area (Å²) in [7, 11) is 0. The van der Waals surface area contributed by atoms with Gasteiger partial charge >= 0.3 is 5.97 Å². The van der Waals surface area contributed by atoms with Gasteiger partial charge in [0.15, 0.2) is 5.69 Å². The molecule has 1 aromatic heterocycles. The number of aliphatic carboxylic acids is 1. The number of carboxylic acid groups (broad SMARTS) is 1. The van der Waals surface area contributed by atoms with Crippen molar-refractivity contribution in [3.8, 4) is 0 Å². The van der Waals surface area contributed by atoms with Crippen molar-refractivity contribution < 1.29 is 14.7 Å². The lowest BCUT2D eigenvalue weighted by atomic mass is 10.0. The zero-order valence-corrected chi connectivity index (χ0v) is 10.0. The first-order chi connectivity index (χ1) is 7.43. The van der Waals surface area contributed by atoms with Crippen LogP contribution in [0.4, 0.5) is 0 Å². The molecule has 0 saturated carbocycles. The second-order valence-corrected chi connectivity index (χ2v) is 4.67. The Bertz CT molecular complexity index is 402. The molecule has 88 valence electrons. The number of aromatic nitrogens is 2. The molecule has 2 N–H and O–H groups in total. The van der Waals surface area contributed by atoms with Gasteiger partial charge in [-0.2, -0.15) is 0 Å². The van der Waals surface area contributed by atoms with Crippen LogP contribution in [0.15, 0.2) is 0 Å². The molecule has 0 bridgehead atoms. The molecule has 6 nitrogen and oxygen atoms in total. The number of hydrogen-bond donors (Lipinski definition) is 2. The van der Waals surface area contributed by atoms with Crippen LogP contribution in [-0.2, 0) is 4.79 Å². The van der Waals surface area contributed by atoms with Gasteiger partial charge < -0.3 is 10.4 Å². The van der Waals surface area contributed by atoms with E-state index < -0.39 is 17.9 Å². The highest BCUT2D eigenvalue weighted by Crippen LogP contribution is 2.09. The Morgan fingerprint density at radius 2 is 2.06 bits per heavy atom. The molecule has 1 atom stereocenters. The van der Waals surface area contributed by atoms with Crippen molar-refractivity contribution in [2.45, 2.75) is 26.8 Å². The minimum absolute atomic E-state index is 0.187. The number of aryl methyl sites for hydroxylation is 1. The van der Waals surface area contributed by atoms with E-state index in [-0.39, 0.29) is 11.6 Å². The number of amides is 1. The first kappa shape index (κ1) is 12.6. The first-order valence-corrected chi connectivity index (χ1v) is 5.53. The molecule has 1 rings (SSSR count). The van der Waals surface area contributed by atoms with Gasteiger partial charge in [-0.05, 0) is 24.4 Å². The average Bonchev–Trinajstić information content (AvgIpc) is 2.59. The molecule has 0 fully saturated rings. The van der Waals surface area contributed by atoms with Gasteiger partial charge in [-0.1, -0.05) is 18.3 Å². The van der Waals surface area contributed by atoms with E-state index in [1.165, 1.54) is 0 Å². The molecule has 0 aliphatic rings. The molecule has 0 radical (unpaired) electrons. The fourth-order valence-electron chi connectivity index (χ4n) is 1.16. The number of nitrogens with zero attached hydrogens (tertiary/aromatic N) is 2. The quantitative estimate of drug-likeness (QED) is 0.811. The Hall–Kier alpha value is -1.50. The molecule has 1 aromatic rings. The lowest BCUT2D eigenvalue weighted by Gasteiger charge is -2.17. The van der Waals surface area contributed by atoms with Crippen LogP contribution in [0.25, 0.3) is 0 Å². The van der Waals surface area contributed by atoms with Crippen molar-refractivity contribution in [2.75, 3.05) is 0 Å². The summed E-state index contributed by atoms with van der Waals surface area (Å²) in [5.41, 5.74) is 0.192. The number of carbonyl (C=O) groups is 2. The molecule has 0 aliphatic heterocycles. The molecule has 7 heteroatoms. The molecule has 16 heavy (non-hydrogen) atoms. The van der Waals surface area contributed by atoms with E-state index in [0.717, 1.165) is 11.5 Å². The predicted molar refractivity (Wildman–Crippen MR) is 58.4 cm³/mol. The smallest absolute Gasteiger partial charge is 0.326 e. The summed E-state index contributed by atoms with van der Waals surface area (Å²) in [5, 5.41) is 15.0. The van der Waals surface area contributed by atoms with Crippen molar-refractivity contribution in [2.24, 2.45) is 5.92 Å². The molecule has 0 saturated heterocycles. The van der Waals surface area contributed by atoms with E-state index in [4.69, 9.17) is 5.11 Å². The topological polar surface area (TPSA) is 92.2 Å². The zero-order valence-electron chi connectivity index (χ0n) is 9.22. The van der Waals surface area contributed by atoms with Crippen LogP contribution in [0.1, 0.15) is 29.2 Å². The molecule has 0 spiro atoms. The van der Waals surface area contributed by atoms with E-state index in [1.807, 2.05) is 0 Å². The summed E-state index contributed by atoms with van der Waals surface area (Å²) in [4.78, 5) is 23.2. The zero-order chi connectivity index (χ0) is 12.3.